The van der Waals surface area contributed by atoms with E-state index in [4.69, 9.17) is 16.0 Å². The van der Waals surface area contributed by atoms with E-state index in [9.17, 15) is 9.59 Å². The van der Waals surface area contributed by atoms with E-state index < -0.39 is 5.76 Å². The van der Waals surface area contributed by atoms with Gasteiger partial charge in [-0.05, 0) is 43.3 Å². The van der Waals surface area contributed by atoms with Crippen LogP contribution in [0, 0.1) is 0 Å². The Hall–Kier alpha value is -3.06. The first kappa shape index (κ1) is 15.5. The van der Waals surface area contributed by atoms with E-state index in [2.05, 4.69) is 20.3 Å². The molecular formula is C17H13ClN4O3. The average molecular weight is 357 g/mol. The van der Waals surface area contributed by atoms with Crippen LogP contribution in [0.2, 0.25) is 5.02 Å². The fourth-order valence-corrected chi connectivity index (χ4v) is 2.92. The summed E-state index contributed by atoms with van der Waals surface area (Å²) in [4.78, 5) is 33.2. The first-order valence-electron chi connectivity index (χ1n) is 7.58. The minimum Gasteiger partial charge on any atom is -0.406 e. The summed E-state index contributed by atoms with van der Waals surface area (Å²) in [6, 6.07) is 10.1. The van der Waals surface area contributed by atoms with Crippen LogP contribution in [0.25, 0.3) is 22.1 Å². The molecule has 1 unspecified atom stereocenters. The number of hydrogen-bond acceptors (Lipinski definition) is 5. The summed E-state index contributed by atoms with van der Waals surface area (Å²) in [6.45, 7) is 1.85. The van der Waals surface area contributed by atoms with Crippen molar-refractivity contribution in [2.45, 2.75) is 13.0 Å². The number of fused-ring (bicyclic) bond motifs is 2. The van der Waals surface area contributed by atoms with Crippen LogP contribution in [0.3, 0.4) is 0 Å². The molecule has 126 valence electrons. The first-order valence-corrected chi connectivity index (χ1v) is 7.96. The van der Waals surface area contributed by atoms with Gasteiger partial charge >= 0.3 is 5.76 Å². The van der Waals surface area contributed by atoms with Crippen molar-refractivity contribution >= 4 is 39.6 Å². The van der Waals surface area contributed by atoms with Crippen LogP contribution in [0.1, 0.15) is 18.5 Å². The van der Waals surface area contributed by atoms with Gasteiger partial charge in [-0.2, -0.15) is 0 Å². The molecule has 0 saturated carbocycles. The number of hydrogen-bond donors (Lipinski definition) is 3. The fraction of sp³-hybridized carbons (Fsp3) is 0.118. The van der Waals surface area contributed by atoms with E-state index in [-0.39, 0.29) is 11.6 Å². The molecular weight excluding hydrogens is 344 g/mol. The second-order valence-corrected chi connectivity index (χ2v) is 6.15. The lowest BCUT2D eigenvalue weighted by molar-refractivity contribution is 0.555. The van der Waals surface area contributed by atoms with Crippen molar-refractivity contribution in [1.29, 1.82) is 0 Å². The lowest BCUT2D eigenvalue weighted by Crippen LogP contribution is -2.19. The predicted molar refractivity (Wildman–Crippen MR) is 96.2 cm³/mol. The number of benzene rings is 1. The normalized spacial score (nSPS) is 12.6. The van der Waals surface area contributed by atoms with Crippen molar-refractivity contribution in [2.24, 2.45) is 0 Å². The van der Waals surface area contributed by atoms with Crippen molar-refractivity contribution in [3.05, 3.63) is 67.9 Å². The first-order chi connectivity index (χ1) is 12.0. The van der Waals surface area contributed by atoms with Crippen molar-refractivity contribution in [3.63, 3.8) is 0 Å². The number of aromatic amines is 2. The minimum atomic E-state index is -0.560. The predicted octanol–water partition coefficient (Wildman–Crippen LogP) is 3.18. The van der Waals surface area contributed by atoms with Crippen LogP contribution in [0.5, 0.6) is 0 Å². The molecule has 8 heteroatoms. The molecule has 0 aliphatic heterocycles. The summed E-state index contributed by atoms with van der Waals surface area (Å²) in [6.07, 6.45) is 0. The largest absolute Gasteiger partial charge is 0.418 e. The van der Waals surface area contributed by atoms with Gasteiger partial charge in [0, 0.05) is 21.5 Å². The van der Waals surface area contributed by atoms with Gasteiger partial charge in [0.25, 0.3) is 5.56 Å². The lowest BCUT2D eigenvalue weighted by atomic mass is 10.1. The molecule has 3 aromatic heterocycles. The van der Waals surface area contributed by atoms with Gasteiger partial charge in [-0.15, -0.1) is 0 Å². The Morgan fingerprint density at radius 2 is 2.00 bits per heavy atom. The number of anilines is 1. The SMILES string of the molecule is CC(Nc1ccc2oc(=O)[nH]c2n1)c1cc2cc(Cl)ccc2[nH]c1=O. The molecule has 0 aliphatic carbocycles. The van der Waals surface area contributed by atoms with E-state index in [0.717, 1.165) is 10.9 Å². The van der Waals surface area contributed by atoms with E-state index >= 15 is 0 Å². The van der Waals surface area contributed by atoms with Gasteiger partial charge in [-0.1, -0.05) is 11.6 Å². The maximum Gasteiger partial charge on any atom is 0.418 e. The molecule has 3 heterocycles. The van der Waals surface area contributed by atoms with Crippen LogP contribution >= 0.6 is 11.6 Å². The maximum atomic E-state index is 12.4. The highest BCUT2D eigenvalue weighted by atomic mass is 35.5. The van der Waals surface area contributed by atoms with Crippen LogP contribution in [-0.4, -0.2) is 15.0 Å². The molecule has 0 aliphatic rings. The number of nitrogens with one attached hydrogen (secondary N) is 3. The topological polar surface area (TPSA) is 104 Å². The summed E-state index contributed by atoms with van der Waals surface area (Å²) >= 11 is 6.02. The van der Waals surface area contributed by atoms with Crippen LogP contribution < -0.4 is 16.6 Å². The Morgan fingerprint density at radius 1 is 1.16 bits per heavy atom. The summed E-state index contributed by atoms with van der Waals surface area (Å²) < 4.78 is 4.92. The van der Waals surface area contributed by atoms with E-state index in [1.54, 1.807) is 36.4 Å². The highest BCUT2D eigenvalue weighted by molar-refractivity contribution is 6.31. The van der Waals surface area contributed by atoms with Gasteiger partial charge in [-0.25, -0.2) is 9.78 Å². The number of halogens is 1. The molecule has 1 aromatic carbocycles. The molecule has 3 N–H and O–H groups in total. The maximum absolute atomic E-state index is 12.4. The van der Waals surface area contributed by atoms with Gasteiger partial charge < -0.3 is 14.7 Å². The second-order valence-electron chi connectivity index (χ2n) is 5.71. The summed E-state index contributed by atoms with van der Waals surface area (Å²) in [5.74, 6) is -0.0433. The number of nitrogens with zero attached hydrogens (tertiary/aromatic N) is 1. The molecule has 1 atom stereocenters. The fourth-order valence-electron chi connectivity index (χ4n) is 2.74. The van der Waals surface area contributed by atoms with Crippen molar-refractivity contribution < 1.29 is 4.42 Å². The molecule has 0 saturated heterocycles. The zero-order valence-corrected chi connectivity index (χ0v) is 13.8. The van der Waals surface area contributed by atoms with Gasteiger partial charge in [0.1, 0.15) is 5.82 Å². The molecule has 0 amide bonds. The van der Waals surface area contributed by atoms with E-state index in [1.807, 2.05) is 6.92 Å². The zero-order chi connectivity index (χ0) is 17.6. The van der Waals surface area contributed by atoms with E-state index in [1.165, 1.54) is 0 Å². The molecule has 25 heavy (non-hydrogen) atoms. The molecule has 7 nitrogen and oxygen atoms in total. The monoisotopic (exact) mass is 356 g/mol. The number of oxazole rings is 1. The Balaban J connectivity index is 1.70. The van der Waals surface area contributed by atoms with Gasteiger partial charge in [0.05, 0.1) is 6.04 Å². The second kappa shape index (κ2) is 5.78. The molecule has 0 bridgehead atoms. The standard InChI is InChI=1S/C17H13ClN4O3/c1-8(19-14-5-4-13-15(21-14)22-17(24)25-13)11-7-9-6-10(18)2-3-12(9)20-16(11)23/h2-8H,1H3,(H,20,23)(H2,19,21,22,24). The third-order valence-electron chi connectivity index (χ3n) is 3.95. The average Bonchev–Trinajstić information content (AvgIpc) is 2.93. The number of rotatable bonds is 3. The Bertz CT molecular complexity index is 1210. The number of H-pyrrole nitrogens is 2. The van der Waals surface area contributed by atoms with Crippen molar-refractivity contribution in [2.75, 3.05) is 5.32 Å². The molecule has 4 rings (SSSR count). The summed E-state index contributed by atoms with van der Waals surface area (Å²) in [7, 11) is 0. The zero-order valence-electron chi connectivity index (χ0n) is 13.1. The molecule has 4 aromatic rings. The third-order valence-corrected chi connectivity index (χ3v) is 4.18. The minimum absolute atomic E-state index is 0.187. The highest BCUT2D eigenvalue weighted by Crippen LogP contribution is 2.22. The Morgan fingerprint density at radius 3 is 2.84 bits per heavy atom. The number of aromatic nitrogens is 3. The molecule has 0 spiro atoms. The van der Waals surface area contributed by atoms with Gasteiger partial charge in [-0.3, -0.25) is 9.78 Å². The smallest absolute Gasteiger partial charge is 0.406 e. The van der Waals surface area contributed by atoms with Gasteiger partial charge in [0.15, 0.2) is 11.2 Å². The Labute approximate surface area is 145 Å². The third kappa shape index (κ3) is 2.89. The van der Waals surface area contributed by atoms with E-state index in [0.29, 0.717) is 27.6 Å². The lowest BCUT2D eigenvalue weighted by Gasteiger charge is -2.14. The van der Waals surface area contributed by atoms with Crippen molar-refractivity contribution in [1.82, 2.24) is 15.0 Å². The van der Waals surface area contributed by atoms with Crippen LogP contribution in [0.15, 0.2) is 50.4 Å². The highest BCUT2D eigenvalue weighted by Gasteiger charge is 2.13. The quantitative estimate of drug-likeness (QED) is 0.523. The number of pyridine rings is 2. The van der Waals surface area contributed by atoms with Crippen LogP contribution in [-0.2, 0) is 0 Å². The molecule has 0 fully saturated rings. The van der Waals surface area contributed by atoms with Crippen LogP contribution in [0.4, 0.5) is 5.82 Å². The summed E-state index contributed by atoms with van der Waals surface area (Å²) in [5, 5.41) is 4.60. The van der Waals surface area contributed by atoms with Gasteiger partial charge in [0.2, 0.25) is 0 Å². The molecule has 0 radical (unpaired) electrons. The Kier molecular flexibility index (Phi) is 3.58. The van der Waals surface area contributed by atoms with Crippen molar-refractivity contribution in [3.8, 4) is 0 Å². The summed E-state index contributed by atoms with van der Waals surface area (Å²) in [5.41, 5.74) is 1.81.